The van der Waals surface area contributed by atoms with Gasteiger partial charge in [-0.25, -0.2) is 0 Å². The number of hydrogen-bond donors (Lipinski definition) is 3. The fourth-order valence-corrected chi connectivity index (χ4v) is 1.81. The van der Waals surface area contributed by atoms with Gasteiger partial charge in [0.05, 0.1) is 6.04 Å². The Hall–Kier alpha value is -1.59. The standard InChI is InChI=1S/C16H23N3O2.ClH/c1-16(2,3)13(17)15(21)19-11-6-4-10(5-7-11)14(20)18-12-8-9-12;/h4-7,12-13H,8-9,17H2,1-3H3,(H,18,20)(H,19,21);1H/t13-;/m1./s1. The molecule has 0 heterocycles. The maximum atomic E-state index is 12.0. The van der Waals surface area contributed by atoms with E-state index >= 15 is 0 Å². The Labute approximate surface area is 137 Å². The predicted molar refractivity (Wildman–Crippen MR) is 90.2 cm³/mol. The zero-order chi connectivity index (χ0) is 15.6. The monoisotopic (exact) mass is 325 g/mol. The van der Waals surface area contributed by atoms with Gasteiger partial charge in [0.15, 0.2) is 0 Å². The third kappa shape index (κ3) is 5.00. The van der Waals surface area contributed by atoms with Gasteiger partial charge < -0.3 is 16.4 Å². The highest BCUT2D eigenvalue weighted by Crippen LogP contribution is 2.21. The number of amides is 2. The number of carbonyl (C=O) groups excluding carboxylic acids is 2. The van der Waals surface area contributed by atoms with Crippen LogP contribution >= 0.6 is 12.4 Å². The van der Waals surface area contributed by atoms with Gasteiger partial charge in [0.25, 0.3) is 5.91 Å². The van der Waals surface area contributed by atoms with Crippen molar-refractivity contribution in [2.45, 2.75) is 45.7 Å². The highest BCUT2D eigenvalue weighted by molar-refractivity contribution is 5.97. The molecule has 0 aliphatic heterocycles. The van der Waals surface area contributed by atoms with Crippen LogP contribution in [-0.2, 0) is 4.79 Å². The number of rotatable bonds is 4. The first-order valence-corrected chi connectivity index (χ1v) is 7.25. The highest BCUT2D eigenvalue weighted by Gasteiger charge is 2.27. The number of carbonyl (C=O) groups is 2. The Bertz CT molecular complexity index is 533. The van der Waals surface area contributed by atoms with Gasteiger partial charge in [-0.1, -0.05) is 20.8 Å². The third-order valence-electron chi connectivity index (χ3n) is 3.54. The van der Waals surface area contributed by atoms with Crippen LogP contribution in [-0.4, -0.2) is 23.9 Å². The average molecular weight is 326 g/mol. The van der Waals surface area contributed by atoms with Crippen molar-refractivity contribution in [1.29, 1.82) is 0 Å². The van der Waals surface area contributed by atoms with Gasteiger partial charge in [0.2, 0.25) is 5.91 Å². The summed E-state index contributed by atoms with van der Waals surface area (Å²) in [4.78, 5) is 23.9. The zero-order valence-corrected chi connectivity index (χ0v) is 14.0. The van der Waals surface area contributed by atoms with E-state index < -0.39 is 6.04 Å². The van der Waals surface area contributed by atoms with E-state index in [1.54, 1.807) is 24.3 Å². The van der Waals surface area contributed by atoms with E-state index in [0.29, 0.717) is 17.3 Å². The molecule has 4 N–H and O–H groups in total. The number of benzene rings is 1. The number of nitrogens with one attached hydrogen (secondary N) is 2. The second kappa shape index (κ2) is 7.11. The quantitative estimate of drug-likeness (QED) is 0.794. The first-order valence-electron chi connectivity index (χ1n) is 7.25. The molecule has 5 nitrogen and oxygen atoms in total. The van der Waals surface area contributed by atoms with Gasteiger partial charge in [-0.15, -0.1) is 12.4 Å². The average Bonchev–Trinajstić information content (AvgIpc) is 3.21. The highest BCUT2D eigenvalue weighted by atomic mass is 35.5. The Morgan fingerprint density at radius 3 is 2.18 bits per heavy atom. The van der Waals surface area contributed by atoms with Crippen LogP contribution in [0, 0.1) is 5.41 Å². The molecule has 122 valence electrons. The molecular formula is C16H24ClN3O2. The third-order valence-corrected chi connectivity index (χ3v) is 3.54. The first kappa shape index (κ1) is 18.5. The van der Waals surface area contributed by atoms with Crippen LogP contribution in [0.5, 0.6) is 0 Å². The van der Waals surface area contributed by atoms with Crippen LogP contribution in [0.2, 0.25) is 0 Å². The molecule has 0 spiro atoms. The summed E-state index contributed by atoms with van der Waals surface area (Å²) in [5, 5.41) is 5.69. The van der Waals surface area contributed by atoms with Crippen molar-refractivity contribution in [2.24, 2.45) is 11.1 Å². The molecular weight excluding hydrogens is 302 g/mol. The Balaban J connectivity index is 0.00000242. The second-order valence-corrected chi connectivity index (χ2v) is 6.66. The summed E-state index contributed by atoms with van der Waals surface area (Å²) in [6.07, 6.45) is 2.12. The fraction of sp³-hybridized carbons (Fsp3) is 0.500. The molecule has 1 saturated carbocycles. The lowest BCUT2D eigenvalue weighted by atomic mass is 9.87. The lowest BCUT2D eigenvalue weighted by Gasteiger charge is -2.25. The van der Waals surface area contributed by atoms with Crippen LogP contribution in [0.3, 0.4) is 0 Å². The van der Waals surface area contributed by atoms with Crippen LogP contribution in [0.15, 0.2) is 24.3 Å². The summed E-state index contributed by atoms with van der Waals surface area (Å²) < 4.78 is 0. The lowest BCUT2D eigenvalue weighted by molar-refractivity contribution is -0.119. The first-order chi connectivity index (χ1) is 9.77. The van der Waals surface area contributed by atoms with Gasteiger partial charge in [-0.2, -0.15) is 0 Å². The Morgan fingerprint density at radius 1 is 1.18 bits per heavy atom. The van der Waals surface area contributed by atoms with E-state index in [9.17, 15) is 9.59 Å². The van der Waals surface area contributed by atoms with Crippen molar-refractivity contribution in [3.05, 3.63) is 29.8 Å². The maximum absolute atomic E-state index is 12.0. The minimum absolute atomic E-state index is 0. The molecule has 1 aromatic carbocycles. The Kier molecular flexibility index (Phi) is 5.97. The van der Waals surface area contributed by atoms with Crippen molar-refractivity contribution in [3.8, 4) is 0 Å². The normalized spacial score (nSPS) is 15.5. The SMILES string of the molecule is CC(C)(C)[C@H](N)C(=O)Nc1ccc(C(=O)NC2CC2)cc1.Cl. The molecule has 0 saturated heterocycles. The van der Waals surface area contributed by atoms with E-state index in [0.717, 1.165) is 12.8 Å². The Morgan fingerprint density at radius 2 is 1.73 bits per heavy atom. The molecule has 1 aliphatic carbocycles. The molecule has 0 unspecified atom stereocenters. The molecule has 22 heavy (non-hydrogen) atoms. The number of halogens is 1. The van der Waals surface area contributed by atoms with Gasteiger partial charge in [-0.3, -0.25) is 9.59 Å². The van der Waals surface area contributed by atoms with Crippen molar-refractivity contribution in [2.75, 3.05) is 5.32 Å². The van der Waals surface area contributed by atoms with E-state index in [1.807, 2.05) is 20.8 Å². The van der Waals surface area contributed by atoms with Crippen LogP contribution in [0.25, 0.3) is 0 Å². The van der Waals surface area contributed by atoms with Crippen LogP contribution in [0.1, 0.15) is 44.0 Å². The number of nitrogens with two attached hydrogens (primary N) is 1. The van der Waals surface area contributed by atoms with Gasteiger partial charge in [-0.05, 0) is 42.5 Å². The zero-order valence-electron chi connectivity index (χ0n) is 13.2. The van der Waals surface area contributed by atoms with Gasteiger partial charge >= 0.3 is 0 Å². The molecule has 1 aromatic rings. The topological polar surface area (TPSA) is 84.2 Å². The van der Waals surface area contributed by atoms with E-state index in [2.05, 4.69) is 10.6 Å². The summed E-state index contributed by atoms with van der Waals surface area (Å²) in [7, 11) is 0. The minimum Gasteiger partial charge on any atom is -0.349 e. The number of hydrogen-bond acceptors (Lipinski definition) is 3. The molecule has 1 fully saturated rings. The molecule has 2 amide bonds. The molecule has 0 radical (unpaired) electrons. The maximum Gasteiger partial charge on any atom is 0.251 e. The molecule has 0 bridgehead atoms. The summed E-state index contributed by atoms with van der Waals surface area (Å²) >= 11 is 0. The summed E-state index contributed by atoms with van der Waals surface area (Å²) in [5.41, 5.74) is 6.85. The lowest BCUT2D eigenvalue weighted by Crippen LogP contribution is -2.45. The van der Waals surface area contributed by atoms with E-state index in [4.69, 9.17) is 5.73 Å². The summed E-state index contributed by atoms with van der Waals surface area (Å²) in [6.45, 7) is 5.76. The smallest absolute Gasteiger partial charge is 0.251 e. The van der Waals surface area contributed by atoms with Crippen molar-refractivity contribution >= 4 is 29.9 Å². The van der Waals surface area contributed by atoms with E-state index in [1.165, 1.54) is 0 Å². The fourth-order valence-electron chi connectivity index (χ4n) is 1.81. The second-order valence-electron chi connectivity index (χ2n) is 6.66. The van der Waals surface area contributed by atoms with Crippen molar-refractivity contribution in [1.82, 2.24) is 5.32 Å². The number of anilines is 1. The summed E-state index contributed by atoms with van der Waals surface area (Å²) in [6, 6.07) is 6.59. The van der Waals surface area contributed by atoms with Gasteiger partial charge in [0, 0.05) is 17.3 Å². The molecule has 0 aromatic heterocycles. The molecule has 6 heteroatoms. The van der Waals surface area contributed by atoms with Crippen LogP contribution < -0.4 is 16.4 Å². The van der Waals surface area contributed by atoms with Crippen LogP contribution in [0.4, 0.5) is 5.69 Å². The van der Waals surface area contributed by atoms with Gasteiger partial charge in [0.1, 0.15) is 0 Å². The molecule has 2 rings (SSSR count). The predicted octanol–water partition coefficient (Wildman–Crippen LogP) is 2.31. The minimum atomic E-state index is -0.588. The van der Waals surface area contributed by atoms with Crippen molar-refractivity contribution in [3.63, 3.8) is 0 Å². The molecule has 1 aliphatic rings. The van der Waals surface area contributed by atoms with E-state index in [-0.39, 0.29) is 29.6 Å². The summed E-state index contributed by atoms with van der Waals surface area (Å²) in [5.74, 6) is -0.292. The largest absolute Gasteiger partial charge is 0.349 e. The molecule has 1 atom stereocenters. The van der Waals surface area contributed by atoms with Crippen molar-refractivity contribution < 1.29 is 9.59 Å².